The van der Waals surface area contributed by atoms with Crippen molar-refractivity contribution in [2.45, 2.75) is 52.9 Å². The number of aryl methyl sites for hydroxylation is 3. The van der Waals surface area contributed by atoms with E-state index in [2.05, 4.69) is 20.1 Å². The van der Waals surface area contributed by atoms with Gasteiger partial charge in [-0.3, -0.25) is 14.5 Å². The van der Waals surface area contributed by atoms with Gasteiger partial charge < -0.3 is 14.0 Å². The van der Waals surface area contributed by atoms with Crippen LogP contribution in [0.3, 0.4) is 0 Å². The van der Waals surface area contributed by atoms with Crippen molar-refractivity contribution < 1.29 is 18.8 Å². The van der Waals surface area contributed by atoms with Gasteiger partial charge in [0.1, 0.15) is 12.7 Å². The molecular weight excluding hydrogens is 572 g/mol. The highest BCUT2D eigenvalue weighted by Crippen LogP contribution is 2.34. The van der Waals surface area contributed by atoms with Crippen molar-refractivity contribution >= 4 is 17.0 Å². The Bertz CT molecular complexity index is 2110. The number of aromatic nitrogens is 6. The van der Waals surface area contributed by atoms with Crippen LogP contribution < -0.4 is 10.5 Å². The number of aromatic amines is 1. The Morgan fingerprint density at radius 1 is 0.911 bits per heavy atom. The quantitative estimate of drug-likeness (QED) is 0.206. The molecule has 3 aromatic carbocycles. The number of nitrogens with one attached hydrogen (secondary N) is 1. The highest BCUT2D eigenvalue weighted by molar-refractivity contribution is 6.02. The topological polar surface area (TPSA) is 138 Å². The number of rotatable bonds is 9. The van der Waals surface area contributed by atoms with Crippen LogP contribution in [0.5, 0.6) is 6.01 Å². The molecular formula is C34H30N6O5. The third kappa shape index (κ3) is 5.72. The molecule has 0 amide bonds. The van der Waals surface area contributed by atoms with Crippen molar-refractivity contribution in [2.75, 3.05) is 0 Å². The first-order valence-electron chi connectivity index (χ1n) is 14.7. The van der Waals surface area contributed by atoms with Crippen molar-refractivity contribution in [2.24, 2.45) is 0 Å². The molecule has 0 spiro atoms. The Morgan fingerprint density at radius 3 is 2.47 bits per heavy atom. The zero-order chi connectivity index (χ0) is 31.1. The van der Waals surface area contributed by atoms with Gasteiger partial charge in [-0.25, -0.2) is 9.59 Å². The molecule has 3 heterocycles. The van der Waals surface area contributed by atoms with Gasteiger partial charge in [-0.2, -0.15) is 15.1 Å². The lowest BCUT2D eigenvalue weighted by atomic mass is 9.97. The third-order valence-electron chi connectivity index (χ3n) is 7.87. The Hall–Kier alpha value is -5.58. The predicted molar refractivity (Wildman–Crippen MR) is 166 cm³/mol. The summed E-state index contributed by atoms with van der Waals surface area (Å²) in [6.07, 6.45) is 1.98. The van der Waals surface area contributed by atoms with Crippen LogP contribution in [0.15, 0.2) is 76.0 Å². The maximum absolute atomic E-state index is 13.6. The van der Waals surface area contributed by atoms with Crippen LogP contribution in [-0.2, 0) is 17.9 Å². The molecule has 0 radical (unpaired) electrons. The zero-order valence-electron chi connectivity index (χ0n) is 25.0. The number of para-hydroxylation sites is 1. The molecule has 1 aliphatic carbocycles. The zero-order valence-corrected chi connectivity index (χ0v) is 25.0. The molecule has 0 aliphatic heterocycles. The smallest absolute Gasteiger partial charge is 0.460 e. The molecule has 11 nitrogen and oxygen atoms in total. The van der Waals surface area contributed by atoms with Gasteiger partial charge in [0.15, 0.2) is 5.82 Å². The molecule has 3 aromatic heterocycles. The first-order chi connectivity index (χ1) is 21.8. The lowest BCUT2D eigenvalue weighted by molar-refractivity contribution is 0.0468. The molecule has 7 rings (SSSR count). The van der Waals surface area contributed by atoms with Gasteiger partial charge in [-0.05, 0) is 68.5 Å². The number of fused-ring (bicyclic) bond motifs is 1. The fraction of sp³-hybridized carbons (Fsp3) is 0.235. The van der Waals surface area contributed by atoms with E-state index in [1.807, 2.05) is 79.9 Å². The number of carbonyl (C=O) groups excluding carboxylic acids is 1. The van der Waals surface area contributed by atoms with Crippen LogP contribution in [0, 0.1) is 20.8 Å². The first kappa shape index (κ1) is 28.2. The second-order valence-electron chi connectivity index (χ2n) is 11.2. The normalized spacial score (nSPS) is 12.9. The molecule has 6 aromatic rings. The maximum Gasteiger partial charge on any atom is 0.460 e. The number of hydrogen-bond donors (Lipinski definition) is 1. The van der Waals surface area contributed by atoms with Gasteiger partial charge in [-0.1, -0.05) is 48.5 Å². The molecule has 1 N–H and O–H groups in total. The molecule has 226 valence electrons. The van der Waals surface area contributed by atoms with Crippen LogP contribution in [0.1, 0.15) is 51.5 Å². The van der Waals surface area contributed by atoms with E-state index < -0.39 is 11.7 Å². The van der Waals surface area contributed by atoms with E-state index in [-0.39, 0.29) is 12.7 Å². The number of hydrogen-bond acceptors (Lipinski definition) is 9. The summed E-state index contributed by atoms with van der Waals surface area (Å²) in [6.45, 7) is 5.96. The number of ether oxygens (including phenoxy) is 2. The van der Waals surface area contributed by atoms with Gasteiger partial charge in [-0.15, -0.1) is 0 Å². The number of carbonyl (C=O) groups is 1. The minimum absolute atomic E-state index is 0.00501. The van der Waals surface area contributed by atoms with Crippen molar-refractivity contribution in [3.63, 3.8) is 0 Å². The Balaban J connectivity index is 1.28. The summed E-state index contributed by atoms with van der Waals surface area (Å²) in [5, 5.41) is 2.64. The molecule has 1 aliphatic rings. The van der Waals surface area contributed by atoms with E-state index in [4.69, 9.17) is 19.0 Å². The average molecular weight is 603 g/mol. The summed E-state index contributed by atoms with van der Waals surface area (Å²) < 4.78 is 18.8. The Kier molecular flexibility index (Phi) is 7.20. The summed E-state index contributed by atoms with van der Waals surface area (Å²) in [5.41, 5.74) is 7.96. The predicted octanol–water partition coefficient (Wildman–Crippen LogP) is 5.71. The summed E-state index contributed by atoms with van der Waals surface area (Å²) in [4.78, 5) is 43.3. The van der Waals surface area contributed by atoms with Gasteiger partial charge in [0, 0.05) is 5.56 Å². The molecule has 0 unspecified atom stereocenters. The Morgan fingerprint density at radius 2 is 1.71 bits per heavy atom. The van der Waals surface area contributed by atoms with Crippen LogP contribution >= 0.6 is 0 Å². The Labute approximate surface area is 257 Å². The van der Waals surface area contributed by atoms with Crippen LogP contribution in [0.4, 0.5) is 0 Å². The van der Waals surface area contributed by atoms with E-state index in [1.54, 1.807) is 12.1 Å². The molecule has 45 heavy (non-hydrogen) atoms. The van der Waals surface area contributed by atoms with E-state index in [9.17, 15) is 9.59 Å². The molecule has 1 fully saturated rings. The summed E-state index contributed by atoms with van der Waals surface area (Å²) in [7, 11) is 0. The van der Waals surface area contributed by atoms with Gasteiger partial charge in [0.25, 0.3) is 6.01 Å². The van der Waals surface area contributed by atoms with E-state index in [1.165, 1.54) is 0 Å². The number of imidazole rings is 1. The van der Waals surface area contributed by atoms with Crippen LogP contribution in [0.2, 0.25) is 0 Å². The number of benzene rings is 3. The SMILES string of the molecule is Cc1nc(C)c(COC(=O)c2cccc3nc(OC4CC4)n(Cc4ccc(-c5ccccc5)c(-c5nc(=O)o[nH]5)c4)c23)nc1C. The lowest BCUT2D eigenvalue weighted by Crippen LogP contribution is -2.12. The monoisotopic (exact) mass is 602 g/mol. The first-order valence-corrected chi connectivity index (χ1v) is 14.7. The molecule has 0 saturated heterocycles. The van der Waals surface area contributed by atoms with E-state index in [0.717, 1.165) is 46.6 Å². The summed E-state index contributed by atoms with van der Waals surface area (Å²) in [5.74, 6) is -0.889. The summed E-state index contributed by atoms with van der Waals surface area (Å²) in [6, 6.07) is 21.5. The highest BCUT2D eigenvalue weighted by atomic mass is 16.5. The second-order valence-corrected chi connectivity index (χ2v) is 11.2. The van der Waals surface area contributed by atoms with Crippen molar-refractivity contribution in [1.29, 1.82) is 0 Å². The van der Waals surface area contributed by atoms with Gasteiger partial charge in [0.2, 0.25) is 0 Å². The minimum atomic E-state index is -0.708. The maximum atomic E-state index is 13.6. The highest BCUT2D eigenvalue weighted by Gasteiger charge is 2.28. The number of H-pyrrole nitrogens is 1. The standard InChI is InChI=1S/C34H30N6O5/c1-19-20(2)36-29(21(3)35-19)18-43-32(41)26-10-7-11-28-30(26)40(33(37-28)44-24-13-14-24)17-22-12-15-25(23-8-5-4-6-9-23)27(16-22)31-38-34(42)45-39-31/h4-12,15-16,24H,13-14,17-18H2,1-3H3,(H,38,39,42). The molecule has 1 saturated carbocycles. The van der Waals surface area contributed by atoms with Crippen LogP contribution in [0.25, 0.3) is 33.5 Å². The van der Waals surface area contributed by atoms with Crippen molar-refractivity contribution in [3.05, 3.63) is 111 Å². The second kappa shape index (κ2) is 11.5. The summed E-state index contributed by atoms with van der Waals surface area (Å²) >= 11 is 0. The van der Waals surface area contributed by atoms with Crippen molar-refractivity contribution in [1.82, 2.24) is 29.7 Å². The van der Waals surface area contributed by atoms with Gasteiger partial charge in [0.05, 0.1) is 45.9 Å². The van der Waals surface area contributed by atoms with E-state index in [0.29, 0.717) is 46.2 Å². The minimum Gasteiger partial charge on any atom is -0.461 e. The van der Waals surface area contributed by atoms with E-state index >= 15 is 0 Å². The number of esters is 1. The fourth-order valence-electron chi connectivity index (χ4n) is 5.29. The number of nitrogens with zero attached hydrogens (tertiary/aromatic N) is 5. The van der Waals surface area contributed by atoms with Crippen molar-refractivity contribution in [3.8, 4) is 28.5 Å². The average Bonchev–Trinajstić information content (AvgIpc) is 3.65. The molecule has 0 atom stereocenters. The molecule has 0 bridgehead atoms. The third-order valence-corrected chi connectivity index (χ3v) is 7.87. The molecule has 11 heteroatoms. The van der Waals surface area contributed by atoms with Crippen LogP contribution in [-0.4, -0.2) is 41.7 Å². The fourth-order valence-corrected chi connectivity index (χ4v) is 5.29. The largest absolute Gasteiger partial charge is 0.461 e. The lowest BCUT2D eigenvalue weighted by Gasteiger charge is -2.14. The van der Waals surface area contributed by atoms with Gasteiger partial charge >= 0.3 is 11.7 Å².